The quantitative estimate of drug-likeness (QED) is 0.299. The number of nitrogens with zero attached hydrogens (tertiary/aromatic N) is 5. The van der Waals surface area contributed by atoms with Crippen LogP contribution in [0.3, 0.4) is 0 Å². The molecule has 13 heteroatoms. The molecule has 1 aliphatic rings. The predicted octanol–water partition coefficient (Wildman–Crippen LogP) is 3.46. The molecule has 1 N–H and O–H groups in total. The second kappa shape index (κ2) is 11.4. The van der Waals surface area contributed by atoms with E-state index in [2.05, 4.69) is 15.4 Å². The summed E-state index contributed by atoms with van der Waals surface area (Å²) < 4.78 is 38.5. The molecule has 5 rings (SSSR count). The maximum absolute atomic E-state index is 13.3. The molecule has 0 radical (unpaired) electrons. The van der Waals surface area contributed by atoms with Crippen molar-refractivity contribution in [2.75, 3.05) is 38.6 Å². The van der Waals surface area contributed by atoms with Crippen molar-refractivity contribution in [3.05, 3.63) is 54.5 Å². The highest BCUT2D eigenvalue weighted by molar-refractivity contribution is 7.91. The minimum Gasteiger partial charge on any atom is -0.467 e. The van der Waals surface area contributed by atoms with Crippen molar-refractivity contribution in [1.29, 1.82) is 0 Å². The third kappa shape index (κ3) is 5.81. The van der Waals surface area contributed by atoms with Crippen molar-refractivity contribution >= 4 is 44.1 Å². The van der Waals surface area contributed by atoms with E-state index in [0.29, 0.717) is 50.1 Å². The zero-order chi connectivity index (χ0) is 27.6. The Labute approximate surface area is 230 Å². The van der Waals surface area contributed by atoms with E-state index in [4.69, 9.17) is 19.2 Å². The molecule has 4 aromatic rings. The van der Waals surface area contributed by atoms with Crippen LogP contribution in [0, 0.1) is 5.92 Å². The smallest absolute Gasteiger partial charge is 0.328 e. The van der Waals surface area contributed by atoms with Crippen molar-refractivity contribution in [2.45, 2.75) is 30.6 Å². The summed E-state index contributed by atoms with van der Waals surface area (Å²) in [6.45, 7) is 6.12. The molecule has 1 fully saturated rings. The Hall–Kier alpha value is -3.39. The minimum atomic E-state index is -3.62. The van der Waals surface area contributed by atoms with Gasteiger partial charge in [0.15, 0.2) is 5.76 Å². The van der Waals surface area contributed by atoms with E-state index in [9.17, 15) is 13.2 Å². The Morgan fingerprint density at radius 2 is 1.87 bits per heavy atom. The average molecular weight is 571 g/mol. The van der Waals surface area contributed by atoms with E-state index in [1.165, 1.54) is 28.9 Å². The number of ether oxygens (including phenoxy) is 1. The first-order valence-corrected chi connectivity index (χ1v) is 14.9. The molecule has 1 saturated heterocycles. The predicted molar refractivity (Wildman–Crippen MR) is 148 cm³/mol. The van der Waals surface area contributed by atoms with Crippen LogP contribution in [0.15, 0.2) is 57.4 Å². The lowest BCUT2D eigenvalue weighted by atomic mass is 10.0. The average Bonchev–Trinajstić information content (AvgIpc) is 3.64. The Morgan fingerprint density at radius 1 is 1.10 bits per heavy atom. The van der Waals surface area contributed by atoms with E-state index in [1.54, 1.807) is 18.2 Å². The number of hydrogen-bond donors (Lipinski definition) is 1. The molecule has 0 aliphatic carbocycles. The van der Waals surface area contributed by atoms with Crippen LogP contribution in [0.2, 0.25) is 0 Å². The molecule has 0 bridgehead atoms. The molecule has 0 spiro atoms. The largest absolute Gasteiger partial charge is 0.467 e. The number of para-hydroxylation sites is 1. The number of nitrogens with one attached hydrogen (secondary N) is 1. The van der Waals surface area contributed by atoms with Gasteiger partial charge in [-0.1, -0.05) is 31.1 Å². The molecule has 1 aliphatic heterocycles. The maximum Gasteiger partial charge on any atom is 0.328 e. The van der Waals surface area contributed by atoms with Crippen molar-refractivity contribution in [3.63, 3.8) is 0 Å². The van der Waals surface area contributed by atoms with Crippen molar-refractivity contribution in [1.82, 2.24) is 24.3 Å². The van der Waals surface area contributed by atoms with Crippen molar-refractivity contribution < 1.29 is 22.5 Å². The molecule has 206 valence electrons. The zero-order valence-electron chi connectivity index (χ0n) is 21.9. The lowest BCUT2D eigenvalue weighted by Crippen LogP contribution is -2.48. The molecule has 0 amide bonds. The van der Waals surface area contributed by atoms with Crippen LogP contribution < -0.4 is 5.32 Å². The molecule has 4 heterocycles. The van der Waals surface area contributed by atoms with Crippen LogP contribution in [0.4, 0.5) is 5.82 Å². The van der Waals surface area contributed by atoms with E-state index in [0.717, 1.165) is 15.8 Å². The normalized spacial score (nSPS) is 16.0. The van der Waals surface area contributed by atoms with Crippen LogP contribution in [0.5, 0.6) is 0 Å². The standard InChI is InChI=1S/C26H30N6O5S2/c1-17(2)24(26(33)36-3)30-25-18-6-4-5-7-19(18)28-22(29-25)16-31-12-14-32(15-13-31)39(34,35)23-9-8-21(38-23)20-10-11-27-37-20/h4-11,17,24H,12-16H2,1-3H3,(H,28,29,30)/t24-/m0/s1. The van der Waals surface area contributed by atoms with Gasteiger partial charge in [-0.05, 0) is 30.2 Å². The van der Waals surface area contributed by atoms with Gasteiger partial charge in [0, 0.05) is 37.6 Å². The molecule has 39 heavy (non-hydrogen) atoms. The summed E-state index contributed by atoms with van der Waals surface area (Å²) in [6.07, 6.45) is 1.53. The number of thiophene rings is 1. The molecule has 3 aromatic heterocycles. The SMILES string of the molecule is COC(=O)[C@@H](Nc1nc(CN2CCN(S(=O)(=O)c3ccc(-c4ccno4)s3)CC2)nc2ccccc12)C(C)C. The van der Waals surface area contributed by atoms with Crippen LogP contribution in [0.25, 0.3) is 21.5 Å². The monoisotopic (exact) mass is 570 g/mol. The number of fused-ring (bicyclic) bond motifs is 1. The van der Waals surface area contributed by atoms with Gasteiger partial charge >= 0.3 is 5.97 Å². The second-order valence-corrected chi connectivity index (χ2v) is 12.8. The molecular formula is C26H30N6O5S2. The van der Waals surface area contributed by atoms with Crippen molar-refractivity contribution in [3.8, 4) is 10.6 Å². The first-order valence-electron chi connectivity index (χ1n) is 12.6. The highest BCUT2D eigenvalue weighted by Crippen LogP contribution is 2.32. The van der Waals surface area contributed by atoms with Crippen LogP contribution in [-0.2, 0) is 26.1 Å². The topological polar surface area (TPSA) is 131 Å². The number of methoxy groups -OCH3 is 1. The van der Waals surface area contributed by atoms with Crippen LogP contribution in [-0.4, -0.2) is 78.0 Å². The lowest BCUT2D eigenvalue weighted by Gasteiger charge is -2.33. The summed E-state index contributed by atoms with van der Waals surface area (Å²) in [5.41, 5.74) is 0.763. The first kappa shape index (κ1) is 27.2. The Bertz CT molecular complexity index is 1550. The summed E-state index contributed by atoms with van der Waals surface area (Å²) >= 11 is 1.17. The Kier molecular flexibility index (Phi) is 7.93. The molecule has 11 nitrogen and oxygen atoms in total. The number of carbonyl (C=O) groups is 1. The first-order chi connectivity index (χ1) is 18.8. The number of anilines is 1. The zero-order valence-corrected chi connectivity index (χ0v) is 23.5. The van der Waals surface area contributed by atoms with E-state index in [1.807, 2.05) is 38.1 Å². The number of benzene rings is 1. The number of hydrogen-bond acceptors (Lipinski definition) is 11. The number of sulfonamides is 1. The van der Waals surface area contributed by atoms with E-state index >= 15 is 0 Å². The molecule has 0 saturated carbocycles. The van der Waals surface area contributed by atoms with Gasteiger partial charge in [-0.25, -0.2) is 23.2 Å². The van der Waals surface area contributed by atoms with Gasteiger partial charge in [0.25, 0.3) is 10.0 Å². The fourth-order valence-electron chi connectivity index (χ4n) is 4.47. The third-order valence-electron chi connectivity index (χ3n) is 6.62. The molecule has 1 atom stereocenters. The van der Waals surface area contributed by atoms with Crippen LogP contribution in [0.1, 0.15) is 19.7 Å². The summed E-state index contributed by atoms with van der Waals surface area (Å²) in [4.78, 5) is 24.7. The summed E-state index contributed by atoms with van der Waals surface area (Å²) in [5.74, 6) is 1.34. The Morgan fingerprint density at radius 3 is 2.56 bits per heavy atom. The summed E-state index contributed by atoms with van der Waals surface area (Å²) in [7, 11) is -2.25. The maximum atomic E-state index is 13.3. The third-order valence-corrected chi connectivity index (χ3v) is 10.1. The molecular weight excluding hydrogens is 540 g/mol. The van der Waals surface area contributed by atoms with Crippen LogP contribution >= 0.6 is 11.3 Å². The van der Waals surface area contributed by atoms with Gasteiger partial charge in [-0.2, -0.15) is 4.31 Å². The fourth-order valence-corrected chi connectivity index (χ4v) is 7.31. The van der Waals surface area contributed by atoms with Gasteiger partial charge < -0.3 is 14.6 Å². The highest BCUT2D eigenvalue weighted by Gasteiger charge is 2.31. The fraction of sp³-hybridized carbons (Fsp3) is 0.385. The van der Waals surface area contributed by atoms with E-state index < -0.39 is 16.1 Å². The number of aromatic nitrogens is 3. The Balaban J connectivity index is 1.29. The summed E-state index contributed by atoms with van der Waals surface area (Å²) in [5, 5.41) is 7.77. The molecule has 0 unspecified atom stereocenters. The minimum absolute atomic E-state index is 0.0140. The number of carbonyl (C=O) groups excluding carboxylic acids is 1. The lowest BCUT2D eigenvalue weighted by molar-refractivity contribution is -0.142. The van der Waals surface area contributed by atoms with E-state index in [-0.39, 0.29) is 16.1 Å². The number of esters is 1. The number of rotatable bonds is 9. The van der Waals surface area contributed by atoms with Gasteiger partial charge in [0.2, 0.25) is 0 Å². The molecule has 1 aromatic carbocycles. The van der Waals surface area contributed by atoms with Gasteiger partial charge in [0.05, 0.1) is 30.2 Å². The highest BCUT2D eigenvalue weighted by atomic mass is 32.2. The van der Waals surface area contributed by atoms with Gasteiger partial charge in [-0.3, -0.25) is 4.90 Å². The summed E-state index contributed by atoms with van der Waals surface area (Å²) in [6, 6.07) is 12.1. The van der Waals surface area contributed by atoms with Gasteiger partial charge in [0.1, 0.15) is 21.9 Å². The second-order valence-electron chi connectivity index (χ2n) is 9.57. The number of piperazine rings is 1. The van der Waals surface area contributed by atoms with Gasteiger partial charge in [-0.15, -0.1) is 11.3 Å². The van der Waals surface area contributed by atoms with Crippen molar-refractivity contribution in [2.24, 2.45) is 5.92 Å².